The van der Waals surface area contributed by atoms with Crippen molar-refractivity contribution in [2.75, 3.05) is 32.7 Å². The summed E-state index contributed by atoms with van der Waals surface area (Å²) in [4.78, 5) is 38.2. The summed E-state index contributed by atoms with van der Waals surface area (Å²) in [5.74, 6) is -3.35. The molecule has 0 bridgehead atoms. The third kappa shape index (κ3) is 9.01. The first-order valence-corrected chi connectivity index (χ1v) is 10.8. The molecule has 3 rings (SSSR count). The summed E-state index contributed by atoms with van der Waals surface area (Å²) in [6.07, 6.45) is -5.08. The number of alkyl halides is 3. The Balaban J connectivity index is 0.000000540. The predicted molar refractivity (Wildman–Crippen MR) is 120 cm³/mol. The van der Waals surface area contributed by atoms with Crippen molar-refractivity contribution in [2.45, 2.75) is 26.6 Å². The van der Waals surface area contributed by atoms with Crippen LogP contribution >= 0.6 is 0 Å². The number of carbonyl (C=O) groups is 3. The highest BCUT2D eigenvalue weighted by molar-refractivity contribution is 5.96. The van der Waals surface area contributed by atoms with Crippen LogP contribution in [0.25, 0.3) is 0 Å². The SMILES string of the molecule is Cc1cc(C)cc(C(=O)N(CC(=O)N2CCNCC2)Cc2ccc(F)cc2)c1.O=C(O)C(F)(F)F. The summed E-state index contributed by atoms with van der Waals surface area (Å²) < 4.78 is 45.0. The van der Waals surface area contributed by atoms with Crippen molar-refractivity contribution in [3.63, 3.8) is 0 Å². The van der Waals surface area contributed by atoms with Crippen LogP contribution in [0.5, 0.6) is 0 Å². The summed E-state index contributed by atoms with van der Waals surface area (Å²) in [6.45, 7) is 6.94. The molecule has 1 heterocycles. The van der Waals surface area contributed by atoms with Crippen LogP contribution in [0.15, 0.2) is 42.5 Å². The standard InChI is InChI=1S/C22H26FN3O2.C2HF3O2/c1-16-11-17(2)13-19(12-16)22(28)26(14-18-3-5-20(23)6-4-18)15-21(27)25-9-7-24-8-10-25;3-2(4,5)1(6)7/h3-6,11-13,24H,7-10,14-15H2,1-2H3;(H,6,7). The molecule has 0 aliphatic carbocycles. The molecule has 7 nitrogen and oxygen atoms in total. The number of piperazine rings is 1. The number of aliphatic carboxylic acids is 1. The number of nitrogens with one attached hydrogen (secondary N) is 1. The van der Waals surface area contributed by atoms with Gasteiger partial charge in [-0.15, -0.1) is 0 Å². The van der Waals surface area contributed by atoms with E-state index in [-0.39, 0.29) is 30.7 Å². The molecule has 0 radical (unpaired) electrons. The molecule has 2 aromatic rings. The fourth-order valence-electron chi connectivity index (χ4n) is 3.47. The van der Waals surface area contributed by atoms with Crippen LogP contribution in [0.4, 0.5) is 17.6 Å². The summed E-state index contributed by atoms with van der Waals surface area (Å²) in [5, 5.41) is 10.3. The van der Waals surface area contributed by atoms with Crippen molar-refractivity contribution < 1.29 is 37.1 Å². The average Bonchev–Trinajstić information content (AvgIpc) is 2.79. The van der Waals surface area contributed by atoms with Crippen LogP contribution in [0.2, 0.25) is 0 Å². The Morgan fingerprint density at radius 3 is 2.00 bits per heavy atom. The number of hydrogen-bond acceptors (Lipinski definition) is 4. The first kappa shape index (κ1) is 27.8. The van der Waals surface area contributed by atoms with Gasteiger partial charge in [0.1, 0.15) is 12.4 Å². The summed E-state index contributed by atoms with van der Waals surface area (Å²) >= 11 is 0. The third-order valence-corrected chi connectivity index (χ3v) is 5.08. The number of carboxylic acids is 1. The highest BCUT2D eigenvalue weighted by Gasteiger charge is 2.38. The second-order valence-corrected chi connectivity index (χ2v) is 8.10. The highest BCUT2D eigenvalue weighted by Crippen LogP contribution is 2.15. The van der Waals surface area contributed by atoms with Gasteiger partial charge in [-0.1, -0.05) is 29.3 Å². The van der Waals surface area contributed by atoms with Gasteiger partial charge in [-0.25, -0.2) is 9.18 Å². The van der Waals surface area contributed by atoms with Gasteiger partial charge in [-0.2, -0.15) is 13.2 Å². The predicted octanol–water partition coefficient (Wildman–Crippen LogP) is 3.15. The minimum atomic E-state index is -5.08. The van der Waals surface area contributed by atoms with Gasteiger partial charge in [0.15, 0.2) is 0 Å². The molecule has 0 atom stereocenters. The van der Waals surface area contributed by atoms with E-state index in [1.165, 1.54) is 12.1 Å². The van der Waals surface area contributed by atoms with Gasteiger partial charge < -0.3 is 20.2 Å². The third-order valence-electron chi connectivity index (χ3n) is 5.08. The highest BCUT2D eigenvalue weighted by atomic mass is 19.4. The summed E-state index contributed by atoms with van der Waals surface area (Å²) in [7, 11) is 0. The molecule has 0 unspecified atom stereocenters. The Hall–Kier alpha value is -3.47. The lowest BCUT2D eigenvalue weighted by Crippen LogP contribution is -2.50. The molecule has 0 aromatic heterocycles. The number of hydrogen-bond donors (Lipinski definition) is 2. The van der Waals surface area contributed by atoms with E-state index in [9.17, 15) is 27.2 Å². The van der Waals surface area contributed by atoms with Gasteiger partial charge in [-0.05, 0) is 43.7 Å². The zero-order chi connectivity index (χ0) is 26.2. The molecule has 0 spiro atoms. The Labute approximate surface area is 200 Å². The molecular formula is C24H27F4N3O4. The largest absolute Gasteiger partial charge is 0.490 e. The van der Waals surface area contributed by atoms with Crippen LogP contribution in [0.1, 0.15) is 27.0 Å². The number of carbonyl (C=O) groups excluding carboxylic acids is 2. The molecule has 1 aliphatic heterocycles. The first-order valence-electron chi connectivity index (χ1n) is 10.8. The minimum Gasteiger partial charge on any atom is -0.475 e. The Kier molecular flexibility index (Phi) is 9.76. The van der Waals surface area contributed by atoms with Crippen molar-refractivity contribution in [1.29, 1.82) is 0 Å². The van der Waals surface area contributed by atoms with E-state index in [2.05, 4.69) is 5.32 Å². The molecule has 0 saturated carbocycles. The topological polar surface area (TPSA) is 90.0 Å². The maximum Gasteiger partial charge on any atom is 0.490 e. The number of nitrogens with zero attached hydrogens (tertiary/aromatic N) is 2. The molecule has 1 fully saturated rings. The van der Waals surface area contributed by atoms with Crippen LogP contribution < -0.4 is 5.32 Å². The van der Waals surface area contributed by atoms with Crippen molar-refractivity contribution >= 4 is 17.8 Å². The zero-order valence-corrected chi connectivity index (χ0v) is 19.4. The summed E-state index contributed by atoms with van der Waals surface area (Å²) in [5.41, 5.74) is 3.34. The normalized spacial score (nSPS) is 13.5. The van der Waals surface area contributed by atoms with E-state index >= 15 is 0 Å². The van der Waals surface area contributed by atoms with E-state index in [4.69, 9.17) is 9.90 Å². The van der Waals surface area contributed by atoms with E-state index in [1.54, 1.807) is 21.9 Å². The van der Waals surface area contributed by atoms with Gasteiger partial charge in [0.25, 0.3) is 5.91 Å². The Morgan fingerprint density at radius 2 is 1.51 bits per heavy atom. The quantitative estimate of drug-likeness (QED) is 0.620. The van der Waals surface area contributed by atoms with Gasteiger partial charge in [0.2, 0.25) is 5.91 Å². The zero-order valence-electron chi connectivity index (χ0n) is 19.4. The van der Waals surface area contributed by atoms with Crippen LogP contribution in [0.3, 0.4) is 0 Å². The second kappa shape index (κ2) is 12.3. The van der Waals surface area contributed by atoms with Crippen molar-refractivity contribution in [2.24, 2.45) is 0 Å². The van der Waals surface area contributed by atoms with Crippen LogP contribution in [-0.2, 0) is 16.1 Å². The van der Waals surface area contributed by atoms with E-state index in [1.807, 2.05) is 32.0 Å². The maximum atomic E-state index is 13.2. The van der Waals surface area contributed by atoms with E-state index < -0.39 is 12.1 Å². The molecule has 2 N–H and O–H groups in total. The smallest absolute Gasteiger partial charge is 0.475 e. The lowest BCUT2D eigenvalue weighted by molar-refractivity contribution is -0.192. The van der Waals surface area contributed by atoms with Crippen LogP contribution in [0, 0.1) is 19.7 Å². The molecule has 2 amide bonds. The minimum absolute atomic E-state index is 0.00317. The molecule has 1 aliphatic rings. The number of benzene rings is 2. The van der Waals surface area contributed by atoms with Gasteiger partial charge in [0, 0.05) is 38.3 Å². The number of halogens is 4. The fraction of sp³-hybridized carbons (Fsp3) is 0.375. The molecule has 190 valence electrons. The maximum absolute atomic E-state index is 13.2. The van der Waals surface area contributed by atoms with Gasteiger partial charge in [0.05, 0.1) is 0 Å². The molecule has 2 aromatic carbocycles. The monoisotopic (exact) mass is 497 g/mol. The molecule has 35 heavy (non-hydrogen) atoms. The number of amides is 2. The number of rotatable bonds is 5. The lowest BCUT2D eigenvalue weighted by Gasteiger charge is -2.30. The second-order valence-electron chi connectivity index (χ2n) is 8.10. The lowest BCUT2D eigenvalue weighted by atomic mass is 10.1. The number of carboxylic acid groups (broad SMARTS) is 1. The van der Waals surface area contributed by atoms with Crippen molar-refractivity contribution in [3.05, 3.63) is 70.5 Å². The molecule has 11 heteroatoms. The van der Waals surface area contributed by atoms with Crippen molar-refractivity contribution in [1.82, 2.24) is 15.1 Å². The van der Waals surface area contributed by atoms with Crippen LogP contribution in [-0.4, -0.2) is 71.6 Å². The molecule has 1 saturated heterocycles. The van der Waals surface area contributed by atoms with E-state index in [0.717, 1.165) is 29.8 Å². The number of aryl methyl sites for hydroxylation is 2. The van der Waals surface area contributed by atoms with Gasteiger partial charge in [-0.3, -0.25) is 9.59 Å². The fourth-order valence-corrected chi connectivity index (χ4v) is 3.47. The average molecular weight is 497 g/mol. The molecular weight excluding hydrogens is 470 g/mol. The van der Waals surface area contributed by atoms with Crippen molar-refractivity contribution in [3.8, 4) is 0 Å². The summed E-state index contributed by atoms with van der Waals surface area (Å²) in [6, 6.07) is 11.7. The van der Waals surface area contributed by atoms with E-state index in [0.29, 0.717) is 18.7 Å². The first-order chi connectivity index (χ1) is 16.4. The van der Waals surface area contributed by atoms with Gasteiger partial charge >= 0.3 is 12.1 Å². The Morgan fingerprint density at radius 1 is 1.00 bits per heavy atom. The Bertz CT molecular complexity index is 1020.